The van der Waals surface area contributed by atoms with Crippen LogP contribution in [0.1, 0.15) is 38.3 Å². The Labute approximate surface area is 165 Å². The number of rotatable bonds is 5. The van der Waals surface area contributed by atoms with Crippen molar-refractivity contribution in [3.8, 4) is 11.1 Å². The van der Waals surface area contributed by atoms with E-state index < -0.39 is 11.6 Å². The van der Waals surface area contributed by atoms with Crippen LogP contribution in [0, 0.1) is 13.8 Å². The third-order valence-electron chi connectivity index (χ3n) is 4.39. The van der Waals surface area contributed by atoms with Gasteiger partial charge in [0.1, 0.15) is 5.58 Å². The Bertz CT molecular complexity index is 1020. The monoisotopic (exact) mass is 381 g/mol. The van der Waals surface area contributed by atoms with E-state index in [4.69, 9.17) is 9.52 Å². The van der Waals surface area contributed by atoms with Gasteiger partial charge in [-0.05, 0) is 49.6 Å². The number of hydrogen-bond donors (Lipinski definition) is 2. The van der Waals surface area contributed by atoms with Gasteiger partial charge < -0.3 is 14.8 Å². The summed E-state index contributed by atoms with van der Waals surface area (Å²) < 4.78 is 5.39. The molecule has 0 spiro atoms. The highest BCUT2D eigenvalue weighted by atomic mass is 16.4. The van der Waals surface area contributed by atoms with Crippen molar-refractivity contribution >= 4 is 22.6 Å². The fraction of sp³-hybridized carbons (Fsp3) is 0.304. The lowest BCUT2D eigenvalue weighted by Gasteiger charge is -2.15. The van der Waals surface area contributed by atoms with Gasteiger partial charge in [0.2, 0.25) is 0 Å². The number of hydrogen-bond acceptors (Lipinski definition) is 4. The second-order valence-electron chi connectivity index (χ2n) is 6.60. The Balaban J connectivity index is 0.00000136. The Morgan fingerprint density at radius 1 is 1.11 bits per heavy atom. The van der Waals surface area contributed by atoms with Gasteiger partial charge in [-0.3, -0.25) is 4.79 Å². The number of carbonyl (C=O) groups is 1. The Kier molecular flexibility index (Phi) is 6.99. The molecule has 0 fully saturated rings. The van der Waals surface area contributed by atoms with Crippen LogP contribution in [-0.4, -0.2) is 17.1 Å². The molecule has 1 unspecified atom stereocenters. The predicted octanol–water partition coefficient (Wildman–Crippen LogP) is 5.38. The molecule has 0 aliphatic carbocycles. The second-order valence-corrected chi connectivity index (χ2v) is 6.60. The second kappa shape index (κ2) is 9.22. The standard InChI is InChI=1S/C21H21NO4.C2H6/c1-12-5-4-6-13(2)21(12)17-11-20(25)26-18-10-15(7-8-16(17)18)22-14(3)9-19(23)24;1-2/h4-8,10-11,14,22H,9H2,1-3H3,(H,23,24);1-2H3. The van der Waals surface area contributed by atoms with Crippen molar-refractivity contribution in [2.24, 2.45) is 0 Å². The summed E-state index contributed by atoms with van der Waals surface area (Å²) in [6.07, 6.45) is 0.00439. The van der Waals surface area contributed by atoms with Crippen LogP contribution < -0.4 is 10.9 Å². The number of aryl methyl sites for hydroxylation is 2. The van der Waals surface area contributed by atoms with E-state index in [0.29, 0.717) is 11.3 Å². The summed E-state index contributed by atoms with van der Waals surface area (Å²) in [6.45, 7) is 9.83. The Morgan fingerprint density at radius 3 is 2.36 bits per heavy atom. The number of anilines is 1. The van der Waals surface area contributed by atoms with E-state index in [9.17, 15) is 9.59 Å². The topological polar surface area (TPSA) is 79.5 Å². The fourth-order valence-corrected chi connectivity index (χ4v) is 3.30. The first-order chi connectivity index (χ1) is 13.3. The Hall–Kier alpha value is -3.08. The van der Waals surface area contributed by atoms with Crippen LogP contribution in [0.15, 0.2) is 51.7 Å². The molecule has 3 rings (SSSR count). The number of benzene rings is 2. The minimum atomic E-state index is -0.866. The summed E-state index contributed by atoms with van der Waals surface area (Å²) in [5.74, 6) is -0.866. The van der Waals surface area contributed by atoms with E-state index in [-0.39, 0.29) is 12.5 Å². The van der Waals surface area contributed by atoms with Gasteiger partial charge in [-0.25, -0.2) is 4.79 Å². The zero-order valence-corrected chi connectivity index (χ0v) is 17.0. The summed E-state index contributed by atoms with van der Waals surface area (Å²) in [5.41, 5.74) is 4.84. The number of fused-ring (bicyclic) bond motifs is 1. The van der Waals surface area contributed by atoms with E-state index in [0.717, 1.165) is 27.6 Å². The van der Waals surface area contributed by atoms with Crippen molar-refractivity contribution in [2.75, 3.05) is 5.32 Å². The van der Waals surface area contributed by atoms with Gasteiger partial charge >= 0.3 is 11.6 Å². The molecule has 28 heavy (non-hydrogen) atoms. The molecule has 148 valence electrons. The van der Waals surface area contributed by atoms with Crippen LogP contribution in [0.25, 0.3) is 22.1 Å². The van der Waals surface area contributed by atoms with Crippen molar-refractivity contribution in [2.45, 2.75) is 47.1 Å². The van der Waals surface area contributed by atoms with Crippen molar-refractivity contribution in [1.82, 2.24) is 0 Å². The predicted molar refractivity (Wildman–Crippen MR) is 114 cm³/mol. The summed E-state index contributed by atoms with van der Waals surface area (Å²) in [7, 11) is 0. The quantitative estimate of drug-likeness (QED) is 0.580. The van der Waals surface area contributed by atoms with Crippen LogP contribution in [0.3, 0.4) is 0 Å². The smallest absolute Gasteiger partial charge is 0.336 e. The molecule has 5 heteroatoms. The lowest BCUT2D eigenvalue weighted by molar-refractivity contribution is -0.137. The van der Waals surface area contributed by atoms with Gasteiger partial charge in [0.15, 0.2) is 0 Å². The van der Waals surface area contributed by atoms with Crippen molar-refractivity contribution in [3.05, 3.63) is 64.0 Å². The molecule has 2 N–H and O–H groups in total. The first-order valence-electron chi connectivity index (χ1n) is 9.48. The number of carboxylic acid groups (broad SMARTS) is 1. The molecule has 0 radical (unpaired) electrons. The van der Waals surface area contributed by atoms with Gasteiger partial charge in [0.05, 0.1) is 6.42 Å². The molecule has 1 atom stereocenters. The SMILES string of the molecule is CC.Cc1cccc(C)c1-c1cc(=O)oc2cc(NC(C)CC(=O)O)ccc12. The average Bonchev–Trinajstić information content (AvgIpc) is 2.62. The van der Waals surface area contributed by atoms with E-state index in [1.165, 1.54) is 6.07 Å². The average molecular weight is 381 g/mol. The summed E-state index contributed by atoms with van der Waals surface area (Å²) in [4.78, 5) is 22.9. The lowest BCUT2D eigenvalue weighted by atomic mass is 9.94. The summed E-state index contributed by atoms with van der Waals surface area (Å²) in [6, 6.07) is 12.8. The molecule has 0 aliphatic rings. The van der Waals surface area contributed by atoms with Crippen LogP contribution >= 0.6 is 0 Å². The van der Waals surface area contributed by atoms with Gasteiger partial charge in [-0.2, -0.15) is 0 Å². The van der Waals surface area contributed by atoms with E-state index >= 15 is 0 Å². The molecule has 2 aromatic carbocycles. The van der Waals surface area contributed by atoms with Crippen LogP contribution in [0.2, 0.25) is 0 Å². The lowest BCUT2D eigenvalue weighted by Crippen LogP contribution is -2.19. The van der Waals surface area contributed by atoms with Crippen LogP contribution in [0.4, 0.5) is 5.69 Å². The molecule has 0 aliphatic heterocycles. The Morgan fingerprint density at radius 2 is 1.75 bits per heavy atom. The molecule has 1 heterocycles. The van der Waals surface area contributed by atoms with Gasteiger partial charge in [0.25, 0.3) is 0 Å². The highest BCUT2D eigenvalue weighted by Crippen LogP contribution is 2.33. The van der Waals surface area contributed by atoms with Crippen molar-refractivity contribution in [3.63, 3.8) is 0 Å². The molecule has 0 saturated carbocycles. The minimum Gasteiger partial charge on any atom is -0.481 e. The van der Waals surface area contributed by atoms with E-state index in [2.05, 4.69) is 5.32 Å². The zero-order valence-electron chi connectivity index (χ0n) is 17.0. The summed E-state index contributed by atoms with van der Waals surface area (Å²) in [5, 5.41) is 12.9. The number of nitrogens with one attached hydrogen (secondary N) is 1. The van der Waals surface area contributed by atoms with Crippen molar-refractivity contribution < 1.29 is 14.3 Å². The van der Waals surface area contributed by atoms with Gasteiger partial charge in [0, 0.05) is 34.8 Å². The van der Waals surface area contributed by atoms with E-state index in [1.54, 1.807) is 13.0 Å². The molecule has 0 saturated heterocycles. The normalized spacial score (nSPS) is 11.5. The van der Waals surface area contributed by atoms with Crippen molar-refractivity contribution in [1.29, 1.82) is 0 Å². The highest BCUT2D eigenvalue weighted by molar-refractivity contribution is 5.96. The maximum Gasteiger partial charge on any atom is 0.336 e. The maximum absolute atomic E-state index is 12.1. The third kappa shape index (κ3) is 4.80. The zero-order chi connectivity index (χ0) is 20.8. The molecule has 3 aromatic rings. The van der Waals surface area contributed by atoms with E-state index in [1.807, 2.05) is 58.0 Å². The highest BCUT2D eigenvalue weighted by Gasteiger charge is 2.13. The first kappa shape index (κ1) is 21.2. The first-order valence-corrected chi connectivity index (χ1v) is 9.48. The molecular weight excluding hydrogens is 354 g/mol. The third-order valence-corrected chi connectivity index (χ3v) is 4.39. The summed E-state index contributed by atoms with van der Waals surface area (Å²) >= 11 is 0. The molecule has 0 bridgehead atoms. The molecule has 0 amide bonds. The number of carboxylic acids is 1. The minimum absolute atomic E-state index is 0.00439. The maximum atomic E-state index is 12.1. The van der Waals surface area contributed by atoms with Crippen LogP contribution in [-0.2, 0) is 4.79 Å². The van der Waals surface area contributed by atoms with Gasteiger partial charge in [-0.15, -0.1) is 0 Å². The van der Waals surface area contributed by atoms with Gasteiger partial charge in [-0.1, -0.05) is 32.0 Å². The fourth-order valence-electron chi connectivity index (χ4n) is 3.30. The van der Waals surface area contributed by atoms with Crippen LogP contribution in [0.5, 0.6) is 0 Å². The number of aliphatic carboxylic acids is 1. The molecule has 5 nitrogen and oxygen atoms in total. The largest absolute Gasteiger partial charge is 0.481 e. The molecular formula is C23H27NO4. The molecule has 1 aromatic heterocycles.